The number of rotatable bonds is 3. The zero-order valence-electron chi connectivity index (χ0n) is 10.6. The topological polar surface area (TPSA) is 32.3 Å². The van der Waals surface area contributed by atoms with Crippen LogP contribution < -0.4 is 5.32 Å². The fourth-order valence-corrected chi connectivity index (χ4v) is 2.41. The third-order valence-corrected chi connectivity index (χ3v) is 3.84. The van der Waals surface area contributed by atoms with Crippen molar-refractivity contribution in [3.05, 3.63) is 35.9 Å². The molecule has 1 aromatic carbocycles. The Morgan fingerprint density at radius 3 is 2.56 bits per heavy atom. The van der Waals surface area contributed by atoms with Gasteiger partial charge in [0.1, 0.15) is 5.38 Å². The highest BCUT2D eigenvalue weighted by Gasteiger charge is 2.23. The molecule has 0 aromatic heterocycles. The van der Waals surface area contributed by atoms with E-state index >= 15 is 0 Å². The van der Waals surface area contributed by atoms with Gasteiger partial charge in [0.25, 0.3) is 0 Å². The zero-order chi connectivity index (χ0) is 13.0. The molecular formula is C14H19ClN2O. The van der Waals surface area contributed by atoms with Crippen LogP contribution in [0.3, 0.4) is 0 Å². The number of hydrogen-bond donors (Lipinski definition) is 1. The molecule has 0 bridgehead atoms. The second-order valence-electron chi connectivity index (χ2n) is 4.86. The van der Waals surface area contributed by atoms with Crippen molar-refractivity contribution in [1.82, 2.24) is 10.2 Å². The number of likely N-dealkylation sites (tertiary alicyclic amines) is 1. The first kappa shape index (κ1) is 13.4. The predicted octanol–water partition coefficient (Wildman–Crippen LogP) is 2.18. The van der Waals surface area contributed by atoms with Crippen molar-refractivity contribution in [2.75, 3.05) is 20.1 Å². The average Bonchev–Trinajstić information content (AvgIpc) is 2.41. The molecule has 1 atom stereocenters. The zero-order valence-corrected chi connectivity index (χ0v) is 11.4. The maximum Gasteiger partial charge on any atom is 0.242 e. The summed E-state index contributed by atoms with van der Waals surface area (Å²) in [6.45, 7) is 2.06. The van der Waals surface area contributed by atoms with Gasteiger partial charge in [-0.2, -0.15) is 0 Å². The van der Waals surface area contributed by atoms with Gasteiger partial charge < -0.3 is 10.2 Å². The molecule has 0 radical (unpaired) electrons. The maximum atomic E-state index is 12.0. The van der Waals surface area contributed by atoms with Crippen LogP contribution in [0.4, 0.5) is 0 Å². The van der Waals surface area contributed by atoms with E-state index in [1.54, 1.807) is 0 Å². The standard InChI is InChI=1S/C14H19ClN2O/c1-17-9-7-12(8-10-17)16-14(18)13(15)11-5-3-2-4-6-11/h2-6,12-13H,7-10H2,1H3,(H,16,18). The monoisotopic (exact) mass is 266 g/mol. The minimum absolute atomic E-state index is 0.0857. The van der Waals surface area contributed by atoms with Gasteiger partial charge >= 0.3 is 0 Å². The fraction of sp³-hybridized carbons (Fsp3) is 0.500. The average molecular weight is 267 g/mol. The minimum Gasteiger partial charge on any atom is -0.352 e. The Morgan fingerprint density at radius 2 is 1.94 bits per heavy atom. The number of halogens is 1. The molecule has 0 spiro atoms. The first-order chi connectivity index (χ1) is 8.66. The lowest BCUT2D eigenvalue weighted by Gasteiger charge is -2.30. The molecule has 4 heteroatoms. The SMILES string of the molecule is CN1CCC(NC(=O)C(Cl)c2ccccc2)CC1. The Labute approximate surface area is 113 Å². The Kier molecular flexibility index (Phi) is 4.61. The number of hydrogen-bond acceptors (Lipinski definition) is 2. The van der Waals surface area contributed by atoms with Crippen LogP contribution in [0, 0.1) is 0 Å². The van der Waals surface area contributed by atoms with Gasteiger partial charge in [0.15, 0.2) is 0 Å². The van der Waals surface area contributed by atoms with Gasteiger partial charge in [-0.05, 0) is 38.5 Å². The molecule has 3 nitrogen and oxygen atoms in total. The molecular weight excluding hydrogens is 248 g/mol. The largest absolute Gasteiger partial charge is 0.352 e. The van der Waals surface area contributed by atoms with Crippen molar-refractivity contribution in [3.63, 3.8) is 0 Å². The molecule has 0 aliphatic carbocycles. The highest BCUT2D eigenvalue weighted by atomic mass is 35.5. The summed E-state index contributed by atoms with van der Waals surface area (Å²) in [6.07, 6.45) is 2.00. The van der Waals surface area contributed by atoms with E-state index in [0.717, 1.165) is 31.5 Å². The van der Waals surface area contributed by atoms with Gasteiger partial charge in [-0.3, -0.25) is 4.79 Å². The van der Waals surface area contributed by atoms with E-state index in [0.29, 0.717) is 0 Å². The van der Waals surface area contributed by atoms with E-state index in [1.807, 2.05) is 30.3 Å². The molecule has 1 aromatic rings. The van der Waals surface area contributed by atoms with Crippen LogP contribution in [0.25, 0.3) is 0 Å². The summed E-state index contributed by atoms with van der Waals surface area (Å²) in [5, 5.41) is 2.45. The molecule has 1 amide bonds. The Bertz CT molecular complexity index is 388. The van der Waals surface area contributed by atoms with Crippen LogP contribution in [0.15, 0.2) is 30.3 Å². The van der Waals surface area contributed by atoms with E-state index < -0.39 is 5.38 Å². The lowest BCUT2D eigenvalue weighted by atomic mass is 10.0. The lowest BCUT2D eigenvalue weighted by molar-refractivity contribution is -0.121. The summed E-state index contributed by atoms with van der Waals surface area (Å²) in [5.74, 6) is -0.0857. The summed E-state index contributed by atoms with van der Waals surface area (Å²) >= 11 is 6.18. The molecule has 1 fully saturated rings. The van der Waals surface area contributed by atoms with E-state index in [1.165, 1.54) is 0 Å². The first-order valence-electron chi connectivity index (χ1n) is 6.35. The molecule has 1 aliphatic rings. The van der Waals surface area contributed by atoms with Crippen molar-refractivity contribution in [1.29, 1.82) is 0 Å². The van der Waals surface area contributed by atoms with Crippen LogP contribution in [0.1, 0.15) is 23.8 Å². The molecule has 98 valence electrons. The molecule has 1 saturated heterocycles. The van der Waals surface area contributed by atoms with Gasteiger partial charge in [-0.15, -0.1) is 11.6 Å². The molecule has 1 heterocycles. The summed E-state index contributed by atoms with van der Waals surface area (Å²) in [4.78, 5) is 14.3. The molecule has 1 aliphatic heterocycles. The smallest absolute Gasteiger partial charge is 0.242 e. The predicted molar refractivity (Wildman–Crippen MR) is 73.7 cm³/mol. The minimum atomic E-state index is -0.592. The van der Waals surface area contributed by atoms with Crippen molar-refractivity contribution >= 4 is 17.5 Å². The Balaban J connectivity index is 1.88. The van der Waals surface area contributed by atoms with Gasteiger partial charge in [0.2, 0.25) is 5.91 Å². The van der Waals surface area contributed by atoms with Gasteiger partial charge in [-0.1, -0.05) is 30.3 Å². The molecule has 0 saturated carbocycles. The van der Waals surface area contributed by atoms with Crippen LogP contribution >= 0.6 is 11.6 Å². The Morgan fingerprint density at radius 1 is 1.33 bits per heavy atom. The van der Waals surface area contributed by atoms with Crippen molar-refractivity contribution < 1.29 is 4.79 Å². The van der Waals surface area contributed by atoms with Crippen molar-refractivity contribution in [2.45, 2.75) is 24.3 Å². The van der Waals surface area contributed by atoms with Gasteiger partial charge in [-0.25, -0.2) is 0 Å². The number of nitrogens with one attached hydrogen (secondary N) is 1. The van der Waals surface area contributed by atoms with E-state index in [9.17, 15) is 4.79 Å². The molecule has 1 N–H and O–H groups in total. The van der Waals surface area contributed by atoms with E-state index in [2.05, 4.69) is 17.3 Å². The van der Waals surface area contributed by atoms with Crippen molar-refractivity contribution in [2.24, 2.45) is 0 Å². The first-order valence-corrected chi connectivity index (χ1v) is 6.78. The van der Waals surface area contributed by atoms with Crippen LogP contribution in [0.5, 0.6) is 0 Å². The quantitative estimate of drug-likeness (QED) is 0.851. The normalized spacial score (nSPS) is 19.4. The fourth-order valence-electron chi connectivity index (χ4n) is 2.20. The lowest BCUT2D eigenvalue weighted by Crippen LogP contribution is -2.44. The third-order valence-electron chi connectivity index (χ3n) is 3.39. The summed E-state index contributed by atoms with van der Waals surface area (Å²) in [7, 11) is 2.10. The highest BCUT2D eigenvalue weighted by Crippen LogP contribution is 2.21. The maximum absolute atomic E-state index is 12.0. The summed E-state index contributed by atoms with van der Waals surface area (Å²) < 4.78 is 0. The second-order valence-corrected chi connectivity index (χ2v) is 5.30. The van der Waals surface area contributed by atoms with E-state index in [-0.39, 0.29) is 11.9 Å². The molecule has 2 rings (SSSR count). The summed E-state index contributed by atoms with van der Waals surface area (Å²) in [5.41, 5.74) is 0.851. The number of amides is 1. The number of nitrogens with zero attached hydrogens (tertiary/aromatic N) is 1. The number of piperidine rings is 1. The second kappa shape index (κ2) is 6.21. The molecule has 1 unspecified atom stereocenters. The van der Waals surface area contributed by atoms with E-state index in [4.69, 9.17) is 11.6 Å². The third kappa shape index (κ3) is 3.47. The number of benzene rings is 1. The van der Waals surface area contributed by atoms with Crippen LogP contribution in [-0.2, 0) is 4.79 Å². The number of alkyl halides is 1. The number of carbonyl (C=O) groups is 1. The van der Waals surface area contributed by atoms with Gasteiger partial charge in [0, 0.05) is 6.04 Å². The highest BCUT2D eigenvalue weighted by molar-refractivity contribution is 6.30. The van der Waals surface area contributed by atoms with Crippen molar-refractivity contribution in [3.8, 4) is 0 Å². The Hall–Kier alpha value is -1.06. The van der Waals surface area contributed by atoms with Gasteiger partial charge in [0.05, 0.1) is 0 Å². The van der Waals surface area contributed by atoms with Crippen LogP contribution in [-0.4, -0.2) is 37.0 Å². The van der Waals surface area contributed by atoms with Crippen LogP contribution in [0.2, 0.25) is 0 Å². The summed E-state index contributed by atoms with van der Waals surface area (Å²) in [6, 6.07) is 9.74. The molecule has 18 heavy (non-hydrogen) atoms. The number of carbonyl (C=O) groups excluding carboxylic acids is 1.